The number of fused-ring (bicyclic) bond motifs is 1. The molecule has 150 valence electrons. The number of rotatable bonds is 8. The van der Waals surface area contributed by atoms with Crippen LogP contribution < -0.4 is 30.6 Å². The molecule has 0 unspecified atom stereocenters. The van der Waals surface area contributed by atoms with E-state index in [4.69, 9.17) is 19.9 Å². The number of methoxy groups -OCH3 is 1. The second kappa shape index (κ2) is 8.55. The van der Waals surface area contributed by atoms with E-state index in [-0.39, 0.29) is 12.7 Å². The van der Waals surface area contributed by atoms with Gasteiger partial charge in [0, 0.05) is 19.2 Å². The van der Waals surface area contributed by atoms with Crippen molar-refractivity contribution in [3.63, 3.8) is 0 Å². The molecule has 0 fully saturated rings. The van der Waals surface area contributed by atoms with Crippen LogP contribution in [0.4, 0.5) is 17.6 Å². The van der Waals surface area contributed by atoms with E-state index in [1.165, 1.54) is 5.56 Å². The van der Waals surface area contributed by atoms with Gasteiger partial charge in [-0.1, -0.05) is 18.2 Å². The number of anilines is 3. The number of aromatic nitrogens is 2. The van der Waals surface area contributed by atoms with Gasteiger partial charge in [0.25, 0.3) is 0 Å². The van der Waals surface area contributed by atoms with Crippen LogP contribution in [0.3, 0.4) is 0 Å². The highest BCUT2D eigenvalue weighted by molar-refractivity contribution is 5.52. The molecule has 8 heteroatoms. The van der Waals surface area contributed by atoms with Crippen LogP contribution in [-0.4, -0.2) is 30.4 Å². The van der Waals surface area contributed by atoms with Crippen molar-refractivity contribution < 1.29 is 14.2 Å². The number of nitrogens with one attached hydrogen (secondary N) is 2. The van der Waals surface area contributed by atoms with Crippen molar-refractivity contribution in [3.8, 4) is 17.2 Å². The first-order valence-electron chi connectivity index (χ1n) is 9.33. The summed E-state index contributed by atoms with van der Waals surface area (Å²) in [7, 11) is 1.66. The van der Waals surface area contributed by atoms with Crippen LogP contribution in [0, 0.1) is 0 Å². The summed E-state index contributed by atoms with van der Waals surface area (Å²) >= 11 is 0. The Kier molecular flexibility index (Phi) is 5.51. The van der Waals surface area contributed by atoms with Gasteiger partial charge in [-0.15, -0.1) is 0 Å². The molecule has 0 atom stereocenters. The molecule has 4 N–H and O–H groups in total. The predicted molar refractivity (Wildman–Crippen MR) is 112 cm³/mol. The summed E-state index contributed by atoms with van der Waals surface area (Å²) in [5.74, 6) is 3.92. The molecule has 2 aromatic carbocycles. The number of benzene rings is 2. The van der Waals surface area contributed by atoms with Gasteiger partial charge in [0.15, 0.2) is 11.5 Å². The van der Waals surface area contributed by atoms with Crippen LogP contribution >= 0.6 is 0 Å². The molecule has 4 rings (SSSR count). The summed E-state index contributed by atoms with van der Waals surface area (Å²) < 4.78 is 15.9. The normalized spacial score (nSPS) is 11.9. The van der Waals surface area contributed by atoms with Crippen LogP contribution in [0.1, 0.15) is 11.1 Å². The Bertz CT molecular complexity index is 979. The molecule has 0 bridgehead atoms. The molecular formula is C21H23N5O3. The van der Waals surface area contributed by atoms with Gasteiger partial charge in [-0.05, 0) is 41.8 Å². The van der Waals surface area contributed by atoms with Gasteiger partial charge in [0.2, 0.25) is 12.7 Å². The number of nitrogens with two attached hydrogens (primary N) is 1. The van der Waals surface area contributed by atoms with Crippen molar-refractivity contribution in [1.82, 2.24) is 9.97 Å². The van der Waals surface area contributed by atoms with Gasteiger partial charge in [-0.25, -0.2) is 0 Å². The lowest BCUT2D eigenvalue weighted by Crippen LogP contribution is -2.10. The van der Waals surface area contributed by atoms with Crippen LogP contribution in [0.25, 0.3) is 0 Å². The van der Waals surface area contributed by atoms with Crippen molar-refractivity contribution in [2.45, 2.75) is 13.0 Å². The fourth-order valence-corrected chi connectivity index (χ4v) is 3.02. The summed E-state index contributed by atoms with van der Waals surface area (Å²) in [5, 5.41) is 6.57. The molecule has 29 heavy (non-hydrogen) atoms. The summed E-state index contributed by atoms with van der Waals surface area (Å²) in [6.45, 7) is 1.57. The van der Waals surface area contributed by atoms with E-state index in [1.54, 1.807) is 7.11 Å². The number of ether oxygens (including phenoxy) is 3. The maximum atomic E-state index is 5.86. The summed E-state index contributed by atoms with van der Waals surface area (Å²) in [5.41, 5.74) is 8.13. The summed E-state index contributed by atoms with van der Waals surface area (Å²) in [6.07, 6.45) is 0.855. The maximum Gasteiger partial charge on any atom is 0.231 e. The van der Waals surface area contributed by atoms with Gasteiger partial charge in [-0.2, -0.15) is 9.97 Å². The molecule has 0 aliphatic carbocycles. The van der Waals surface area contributed by atoms with Gasteiger partial charge >= 0.3 is 0 Å². The predicted octanol–water partition coefficient (Wildman–Crippen LogP) is 3.06. The summed E-state index contributed by atoms with van der Waals surface area (Å²) in [4.78, 5) is 8.51. The highest BCUT2D eigenvalue weighted by Gasteiger charge is 2.13. The number of nitrogens with zero attached hydrogens (tertiary/aromatic N) is 2. The minimum atomic E-state index is 0.215. The lowest BCUT2D eigenvalue weighted by molar-refractivity contribution is 0.174. The van der Waals surface area contributed by atoms with E-state index < -0.39 is 0 Å². The third-order valence-corrected chi connectivity index (χ3v) is 4.53. The zero-order chi connectivity index (χ0) is 20.1. The molecule has 0 amide bonds. The SMILES string of the molecule is COc1ccc(CCNc2cc(NCc3ccc4c(c3)OCO4)nc(N)n2)cc1. The first-order chi connectivity index (χ1) is 14.2. The Morgan fingerprint density at radius 2 is 1.66 bits per heavy atom. The highest BCUT2D eigenvalue weighted by Crippen LogP contribution is 2.32. The first-order valence-corrected chi connectivity index (χ1v) is 9.33. The average molecular weight is 393 g/mol. The minimum Gasteiger partial charge on any atom is -0.497 e. The van der Waals surface area contributed by atoms with Gasteiger partial charge in [-0.3, -0.25) is 0 Å². The largest absolute Gasteiger partial charge is 0.497 e. The minimum absolute atomic E-state index is 0.215. The molecule has 0 saturated heterocycles. The average Bonchev–Trinajstić information content (AvgIpc) is 3.20. The molecule has 0 radical (unpaired) electrons. The van der Waals surface area contributed by atoms with Crippen molar-refractivity contribution in [1.29, 1.82) is 0 Å². The fourth-order valence-electron chi connectivity index (χ4n) is 3.02. The molecule has 1 aliphatic heterocycles. The zero-order valence-electron chi connectivity index (χ0n) is 16.1. The maximum absolute atomic E-state index is 5.86. The van der Waals surface area contributed by atoms with Crippen LogP contribution in [0.15, 0.2) is 48.5 Å². The monoisotopic (exact) mass is 393 g/mol. The Labute approximate surface area is 169 Å². The second-order valence-corrected chi connectivity index (χ2v) is 6.56. The number of hydrogen-bond donors (Lipinski definition) is 3. The molecule has 3 aromatic rings. The molecular weight excluding hydrogens is 370 g/mol. The third kappa shape index (κ3) is 4.78. The Hall–Kier alpha value is -3.68. The molecule has 8 nitrogen and oxygen atoms in total. The van der Waals surface area contributed by atoms with Crippen molar-refractivity contribution in [3.05, 3.63) is 59.7 Å². The van der Waals surface area contributed by atoms with E-state index in [0.717, 1.165) is 35.8 Å². The van der Waals surface area contributed by atoms with E-state index in [0.29, 0.717) is 18.2 Å². The Morgan fingerprint density at radius 1 is 0.931 bits per heavy atom. The van der Waals surface area contributed by atoms with E-state index in [9.17, 15) is 0 Å². The molecule has 0 spiro atoms. The standard InChI is InChI=1S/C21H23N5O3/c1-27-16-5-2-14(3-6-16)8-9-23-19-11-20(26-21(22)25-19)24-12-15-4-7-17-18(10-15)29-13-28-17/h2-7,10-11H,8-9,12-13H2,1H3,(H4,22,23,24,25,26). The van der Waals surface area contributed by atoms with E-state index in [2.05, 4.69) is 20.6 Å². The number of nitrogen functional groups attached to an aromatic ring is 1. The topological polar surface area (TPSA) is 104 Å². The number of hydrogen-bond acceptors (Lipinski definition) is 8. The lowest BCUT2D eigenvalue weighted by atomic mass is 10.1. The lowest BCUT2D eigenvalue weighted by Gasteiger charge is -2.11. The Balaban J connectivity index is 1.33. The van der Waals surface area contributed by atoms with Crippen molar-refractivity contribution in [2.75, 3.05) is 36.8 Å². The van der Waals surface area contributed by atoms with Crippen LogP contribution in [0.2, 0.25) is 0 Å². The summed E-state index contributed by atoms with van der Waals surface area (Å²) in [6, 6.07) is 15.7. The zero-order valence-corrected chi connectivity index (χ0v) is 16.1. The smallest absolute Gasteiger partial charge is 0.231 e. The quantitative estimate of drug-likeness (QED) is 0.536. The van der Waals surface area contributed by atoms with Crippen LogP contribution in [0.5, 0.6) is 17.2 Å². The first kappa shape index (κ1) is 18.7. The third-order valence-electron chi connectivity index (χ3n) is 4.53. The van der Waals surface area contributed by atoms with Gasteiger partial charge in [0.1, 0.15) is 17.4 Å². The van der Waals surface area contributed by atoms with Crippen LogP contribution in [-0.2, 0) is 13.0 Å². The molecule has 2 heterocycles. The van der Waals surface area contributed by atoms with Crippen molar-refractivity contribution >= 4 is 17.6 Å². The van der Waals surface area contributed by atoms with Gasteiger partial charge < -0.3 is 30.6 Å². The van der Waals surface area contributed by atoms with Crippen molar-refractivity contribution in [2.24, 2.45) is 0 Å². The Morgan fingerprint density at radius 3 is 2.45 bits per heavy atom. The van der Waals surface area contributed by atoms with E-state index in [1.807, 2.05) is 48.5 Å². The molecule has 1 aliphatic rings. The van der Waals surface area contributed by atoms with E-state index >= 15 is 0 Å². The second-order valence-electron chi connectivity index (χ2n) is 6.56. The highest BCUT2D eigenvalue weighted by atomic mass is 16.7. The molecule has 0 saturated carbocycles. The molecule has 1 aromatic heterocycles. The fraction of sp³-hybridized carbons (Fsp3) is 0.238. The van der Waals surface area contributed by atoms with Gasteiger partial charge in [0.05, 0.1) is 7.11 Å².